The molecule has 150 valence electrons. The van der Waals surface area contributed by atoms with Crippen LogP contribution in [0, 0.1) is 34.6 Å². The molecule has 0 aliphatic rings. The van der Waals surface area contributed by atoms with Gasteiger partial charge < -0.3 is 10.2 Å². The van der Waals surface area contributed by atoms with Gasteiger partial charge in [-0.25, -0.2) is 13.1 Å². The van der Waals surface area contributed by atoms with Crippen molar-refractivity contribution < 1.29 is 13.2 Å². The SMILES string of the molecule is CNCCN(C)C(=O)CCNS(=O)(=O)c1c(C)c(C)c(C)c(C)c1C.Cl. The molecule has 0 fully saturated rings. The van der Waals surface area contributed by atoms with Gasteiger partial charge in [0, 0.05) is 33.1 Å². The van der Waals surface area contributed by atoms with Crippen LogP contribution in [0.5, 0.6) is 0 Å². The average Bonchev–Trinajstić information content (AvgIpc) is 2.55. The molecule has 0 unspecified atom stereocenters. The zero-order valence-electron chi connectivity index (χ0n) is 16.8. The number of rotatable bonds is 8. The number of carbonyl (C=O) groups excluding carboxylic acids is 1. The van der Waals surface area contributed by atoms with E-state index < -0.39 is 10.0 Å². The molecular formula is C18H32ClN3O3S. The highest BCUT2D eigenvalue weighted by atomic mass is 35.5. The van der Waals surface area contributed by atoms with Crippen molar-refractivity contribution in [2.45, 2.75) is 45.9 Å². The van der Waals surface area contributed by atoms with Gasteiger partial charge in [-0.2, -0.15) is 0 Å². The maximum Gasteiger partial charge on any atom is 0.241 e. The fourth-order valence-electron chi connectivity index (χ4n) is 2.83. The molecular weight excluding hydrogens is 374 g/mol. The highest BCUT2D eigenvalue weighted by Crippen LogP contribution is 2.29. The van der Waals surface area contributed by atoms with Gasteiger partial charge >= 0.3 is 0 Å². The number of likely N-dealkylation sites (N-methyl/N-ethyl adjacent to an activating group) is 2. The standard InChI is InChI=1S/C18H31N3O3S.ClH/c1-12-13(2)15(4)18(16(5)14(12)3)25(23,24)20-9-8-17(22)21(7)11-10-19-6;/h19-20H,8-11H2,1-7H3;1H. The van der Waals surface area contributed by atoms with E-state index in [-0.39, 0.29) is 31.3 Å². The fourth-order valence-corrected chi connectivity index (χ4v) is 4.46. The van der Waals surface area contributed by atoms with E-state index in [9.17, 15) is 13.2 Å². The Morgan fingerprint density at radius 1 is 0.923 bits per heavy atom. The van der Waals surface area contributed by atoms with Crippen LogP contribution in [0.1, 0.15) is 34.2 Å². The largest absolute Gasteiger partial charge is 0.344 e. The van der Waals surface area contributed by atoms with Crippen molar-refractivity contribution in [3.8, 4) is 0 Å². The van der Waals surface area contributed by atoms with E-state index in [2.05, 4.69) is 10.0 Å². The van der Waals surface area contributed by atoms with Crippen molar-refractivity contribution >= 4 is 28.3 Å². The monoisotopic (exact) mass is 405 g/mol. The predicted molar refractivity (Wildman–Crippen MR) is 109 cm³/mol. The first-order valence-corrected chi connectivity index (χ1v) is 9.98. The minimum atomic E-state index is -3.65. The van der Waals surface area contributed by atoms with E-state index in [0.29, 0.717) is 18.0 Å². The van der Waals surface area contributed by atoms with Gasteiger partial charge in [0.2, 0.25) is 15.9 Å². The van der Waals surface area contributed by atoms with Crippen molar-refractivity contribution in [3.05, 3.63) is 27.8 Å². The third kappa shape index (κ3) is 5.67. The van der Waals surface area contributed by atoms with E-state index in [1.807, 2.05) is 41.7 Å². The molecule has 0 aromatic heterocycles. The number of nitrogens with zero attached hydrogens (tertiary/aromatic N) is 1. The maximum atomic E-state index is 12.8. The van der Waals surface area contributed by atoms with E-state index >= 15 is 0 Å². The molecule has 8 heteroatoms. The van der Waals surface area contributed by atoms with Crippen LogP contribution < -0.4 is 10.0 Å². The first-order chi connectivity index (χ1) is 11.5. The first kappa shape index (κ1) is 24.8. The summed E-state index contributed by atoms with van der Waals surface area (Å²) in [7, 11) is -0.115. The zero-order chi connectivity index (χ0) is 19.4. The number of amides is 1. The Kier molecular flexibility index (Phi) is 9.80. The molecule has 1 amide bonds. The average molecular weight is 406 g/mol. The van der Waals surface area contributed by atoms with E-state index in [0.717, 1.165) is 27.8 Å². The number of nitrogens with one attached hydrogen (secondary N) is 2. The summed E-state index contributed by atoms with van der Waals surface area (Å²) < 4.78 is 28.1. The lowest BCUT2D eigenvalue weighted by Crippen LogP contribution is -2.35. The maximum absolute atomic E-state index is 12.8. The zero-order valence-corrected chi connectivity index (χ0v) is 18.4. The minimum absolute atomic E-state index is 0. The normalized spacial score (nSPS) is 11.2. The van der Waals surface area contributed by atoms with Crippen LogP contribution in [0.2, 0.25) is 0 Å². The Hall–Kier alpha value is -1.15. The Bertz CT molecular complexity index is 720. The van der Waals surface area contributed by atoms with Gasteiger partial charge in [0.1, 0.15) is 0 Å². The Morgan fingerprint density at radius 3 is 1.85 bits per heavy atom. The van der Waals surface area contributed by atoms with Crippen LogP contribution >= 0.6 is 12.4 Å². The summed E-state index contributed by atoms with van der Waals surface area (Å²) in [4.78, 5) is 14.0. The van der Waals surface area contributed by atoms with Gasteiger partial charge in [0.05, 0.1) is 4.90 Å². The van der Waals surface area contributed by atoms with Gasteiger partial charge in [0.25, 0.3) is 0 Å². The summed E-state index contributed by atoms with van der Waals surface area (Å²) in [5.41, 5.74) is 4.64. The Labute approximate surface area is 164 Å². The van der Waals surface area contributed by atoms with E-state index in [1.54, 1.807) is 11.9 Å². The number of hydrogen-bond acceptors (Lipinski definition) is 4. The summed E-state index contributed by atoms with van der Waals surface area (Å²) in [5.74, 6) is -0.0809. The summed E-state index contributed by atoms with van der Waals surface area (Å²) >= 11 is 0. The van der Waals surface area contributed by atoms with Gasteiger partial charge in [-0.1, -0.05) is 0 Å². The molecule has 6 nitrogen and oxygen atoms in total. The number of sulfonamides is 1. The molecule has 0 heterocycles. The van der Waals surface area contributed by atoms with Crippen LogP contribution in [0.25, 0.3) is 0 Å². The molecule has 2 N–H and O–H groups in total. The highest BCUT2D eigenvalue weighted by molar-refractivity contribution is 7.89. The molecule has 0 aliphatic heterocycles. The molecule has 0 bridgehead atoms. The topological polar surface area (TPSA) is 78.5 Å². The molecule has 26 heavy (non-hydrogen) atoms. The molecule has 1 aromatic carbocycles. The molecule has 1 rings (SSSR count). The molecule has 0 spiro atoms. The van der Waals surface area contributed by atoms with Crippen LogP contribution in [-0.4, -0.2) is 53.0 Å². The van der Waals surface area contributed by atoms with Crippen molar-refractivity contribution in [2.75, 3.05) is 33.7 Å². The van der Waals surface area contributed by atoms with Crippen LogP contribution in [-0.2, 0) is 14.8 Å². The second kappa shape index (κ2) is 10.3. The summed E-state index contributed by atoms with van der Waals surface area (Å²) in [6.45, 7) is 10.9. The lowest BCUT2D eigenvalue weighted by Gasteiger charge is -2.20. The van der Waals surface area contributed by atoms with Crippen LogP contribution in [0.15, 0.2) is 4.90 Å². The summed E-state index contributed by atoms with van der Waals surface area (Å²) in [5, 5.41) is 2.98. The van der Waals surface area contributed by atoms with Crippen molar-refractivity contribution in [2.24, 2.45) is 0 Å². The Morgan fingerprint density at radius 2 is 1.38 bits per heavy atom. The quantitative estimate of drug-likeness (QED) is 0.693. The number of benzene rings is 1. The third-order valence-electron chi connectivity index (χ3n) is 4.95. The van der Waals surface area contributed by atoms with Crippen molar-refractivity contribution in [1.82, 2.24) is 14.9 Å². The molecule has 0 atom stereocenters. The fraction of sp³-hybridized carbons (Fsp3) is 0.611. The lowest BCUT2D eigenvalue weighted by molar-refractivity contribution is -0.129. The van der Waals surface area contributed by atoms with Crippen LogP contribution in [0.3, 0.4) is 0 Å². The Balaban J connectivity index is 0.00000625. The smallest absolute Gasteiger partial charge is 0.241 e. The van der Waals surface area contributed by atoms with Crippen molar-refractivity contribution in [1.29, 1.82) is 0 Å². The summed E-state index contributed by atoms with van der Waals surface area (Å²) in [6.07, 6.45) is 0.140. The second-order valence-electron chi connectivity index (χ2n) is 6.52. The third-order valence-corrected chi connectivity index (χ3v) is 6.69. The highest BCUT2D eigenvalue weighted by Gasteiger charge is 2.23. The summed E-state index contributed by atoms with van der Waals surface area (Å²) in [6, 6.07) is 0. The van der Waals surface area contributed by atoms with Gasteiger partial charge in [-0.15, -0.1) is 12.4 Å². The van der Waals surface area contributed by atoms with E-state index in [4.69, 9.17) is 0 Å². The molecule has 0 saturated heterocycles. The first-order valence-electron chi connectivity index (χ1n) is 8.49. The molecule has 0 radical (unpaired) electrons. The minimum Gasteiger partial charge on any atom is -0.344 e. The number of hydrogen-bond donors (Lipinski definition) is 2. The molecule has 1 aromatic rings. The molecule has 0 aliphatic carbocycles. The number of halogens is 1. The predicted octanol–water partition coefficient (Wildman–Crippen LogP) is 2.00. The van der Waals surface area contributed by atoms with E-state index in [1.165, 1.54) is 0 Å². The number of carbonyl (C=O) groups is 1. The van der Waals surface area contributed by atoms with Crippen LogP contribution in [0.4, 0.5) is 0 Å². The van der Waals surface area contributed by atoms with Crippen molar-refractivity contribution in [3.63, 3.8) is 0 Å². The van der Waals surface area contributed by atoms with Gasteiger partial charge in [0.15, 0.2) is 0 Å². The lowest BCUT2D eigenvalue weighted by atomic mass is 9.95. The second-order valence-corrected chi connectivity index (χ2v) is 8.22. The van der Waals surface area contributed by atoms with Gasteiger partial charge in [-0.05, 0) is 69.5 Å². The van der Waals surface area contributed by atoms with Gasteiger partial charge in [-0.3, -0.25) is 4.79 Å². The molecule has 0 saturated carbocycles.